The summed E-state index contributed by atoms with van der Waals surface area (Å²) >= 11 is 0. The number of hydrogen-bond donors (Lipinski definition) is 2. The molecule has 0 saturated heterocycles. The maximum atomic E-state index is 14.6. The van der Waals surface area contributed by atoms with Crippen molar-refractivity contribution in [1.82, 2.24) is 29.5 Å². The minimum Gasteiger partial charge on any atom is -0.493 e. The van der Waals surface area contributed by atoms with Crippen LogP contribution in [0.4, 0.5) is 10.3 Å². The molecule has 2 N–H and O–H groups in total. The molecule has 1 aliphatic heterocycles. The van der Waals surface area contributed by atoms with Crippen LogP contribution in [0.15, 0.2) is 30.6 Å². The first-order chi connectivity index (χ1) is 16.1. The lowest BCUT2D eigenvalue weighted by Gasteiger charge is -2.13. The third-order valence-electron chi connectivity index (χ3n) is 6.33. The molecular formula is C24H26FN7O. The molecule has 0 atom stereocenters. The van der Waals surface area contributed by atoms with Crippen molar-refractivity contribution in [3.8, 4) is 17.0 Å². The molecule has 3 aromatic heterocycles. The van der Waals surface area contributed by atoms with E-state index < -0.39 is 0 Å². The number of nitrogens with one attached hydrogen (secondary N) is 2. The predicted octanol–water partition coefficient (Wildman–Crippen LogP) is 3.38. The number of aromatic nitrogens is 5. The fourth-order valence-electron chi connectivity index (χ4n) is 4.50. The third kappa shape index (κ3) is 3.72. The Morgan fingerprint density at radius 2 is 2.12 bits per heavy atom. The quantitative estimate of drug-likeness (QED) is 0.452. The molecule has 0 amide bonds. The summed E-state index contributed by atoms with van der Waals surface area (Å²) in [6.45, 7) is 3.58. The number of nitrogens with zero attached hydrogens (tertiary/aromatic N) is 5. The highest BCUT2D eigenvalue weighted by molar-refractivity contribution is 5.76. The fraction of sp³-hybridized carbons (Fsp3) is 0.375. The Balaban J connectivity index is 1.37. The maximum Gasteiger partial charge on any atom is 0.208 e. The molecule has 6 rings (SSSR count). The average Bonchev–Trinajstić information content (AvgIpc) is 3.16. The largest absolute Gasteiger partial charge is 0.493 e. The lowest BCUT2D eigenvalue weighted by atomic mass is 10.0. The molecule has 1 saturated carbocycles. The van der Waals surface area contributed by atoms with E-state index in [0.29, 0.717) is 43.7 Å². The van der Waals surface area contributed by atoms with Gasteiger partial charge in [-0.1, -0.05) is 0 Å². The molecular weight excluding hydrogens is 421 g/mol. The highest BCUT2D eigenvalue weighted by Gasteiger charge is 2.22. The van der Waals surface area contributed by atoms with Crippen LogP contribution in [-0.2, 0) is 26.6 Å². The van der Waals surface area contributed by atoms with Crippen molar-refractivity contribution in [2.45, 2.75) is 45.3 Å². The van der Waals surface area contributed by atoms with Gasteiger partial charge in [-0.2, -0.15) is 5.10 Å². The number of aryl methyl sites for hydroxylation is 2. The minimum atomic E-state index is -0.232. The number of imidazole rings is 1. The van der Waals surface area contributed by atoms with Crippen LogP contribution in [0.5, 0.6) is 5.75 Å². The van der Waals surface area contributed by atoms with E-state index in [9.17, 15) is 4.39 Å². The minimum absolute atomic E-state index is 0.232. The Morgan fingerprint density at radius 3 is 2.91 bits per heavy atom. The van der Waals surface area contributed by atoms with Crippen molar-refractivity contribution < 1.29 is 9.13 Å². The van der Waals surface area contributed by atoms with E-state index in [1.165, 1.54) is 18.9 Å². The standard InChI is InChI=1S/C24H26FN7O/c1-14-9-21(31(2)30-14)19-12-28-24(32-13-16(29-23(19)32)10-26-15-3-4-15)27-11-18-17-7-8-33-22(17)6-5-20(18)25/h5-6,9,12-13,15,26H,3-4,7-8,10-11H2,1-2H3,(H,27,28). The van der Waals surface area contributed by atoms with Crippen LogP contribution in [0, 0.1) is 12.7 Å². The van der Waals surface area contributed by atoms with Crippen LogP contribution >= 0.6 is 0 Å². The van der Waals surface area contributed by atoms with Gasteiger partial charge in [0.2, 0.25) is 5.95 Å². The molecule has 0 radical (unpaired) electrons. The topological polar surface area (TPSA) is 81.3 Å². The van der Waals surface area contributed by atoms with E-state index in [4.69, 9.17) is 9.72 Å². The SMILES string of the molecule is Cc1cc(-c2cnc(NCc3c(F)ccc4c3CCO4)n3cc(CNC4CC4)nc23)n(C)n1. The molecule has 0 unspecified atom stereocenters. The first-order valence-electron chi connectivity index (χ1n) is 11.3. The molecule has 8 nitrogen and oxygen atoms in total. The first-order valence-corrected chi connectivity index (χ1v) is 11.3. The van der Waals surface area contributed by atoms with E-state index in [0.717, 1.165) is 39.6 Å². The fourth-order valence-corrected chi connectivity index (χ4v) is 4.50. The molecule has 33 heavy (non-hydrogen) atoms. The third-order valence-corrected chi connectivity index (χ3v) is 6.33. The summed E-state index contributed by atoms with van der Waals surface area (Å²) in [6, 6.07) is 5.80. The molecule has 4 aromatic rings. The lowest BCUT2D eigenvalue weighted by molar-refractivity contribution is 0.356. The molecule has 9 heteroatoms. The van der Waals surface area contributed by atoms with Crippen molar-refractivity contribution in [2.75, 3.05) is 11.9 Å². The highest BCUT2D eigenvalue weighted by atomic mass is 19.1. The molecule has 1 aromatic carbocycles. The number of benzene rings is 1. The Morgan fingerprint density at radius 1 is 1.24 bits per heavy atom. The zero-order chi connectivity index (χ0) is 22.5. The summed E-state index contributed by atoms with van der Waals surface area (Å²) in [7, 11) is 1.92. The first kappa shape index (κ1) is 20.2. The van der Waals surface area contributed by atoms with Crippen LogP contribution in [-0.4, -0.2) is 36.8 Å². The average molecular weight is 448 g/mol. The molecule has 0 bridgehead atoms. The summed E-state index contributed by atoms with van der Waals surface area (Å²) in [5.74, 6) is 1.16. The van der Waals surface area contributed by atoms with Crippen LogP contribution < -0.4 is 15.4 Å². The molecule has 1 fully saturated rings. The van der Waals surface area contributed by atoms with E-state index in [1.54, 1.807) is 6.07 Å². The van der Waals surface area contributed by atoms with Crippen LogP contribution in [0.3, 0.4) is 0 Å². The molecule has 1 aliphatic carbocycles. The van der Waals surface area contributed by atoms with Gasteiger partial charge in [0.15, 0.2) is 5.65 Å². The van der Waals surface area contributed by atoms with Crippen LogP contribution in [0.1, 0.15) is 35.4 Å². The normalized spacial score (nSPS) is 15.1. The van der Waals surface area contributed by atoms with E-state index in [1.807, 2.05) is 41.5 Å². The van der Waals surface area contributed by atoms with Gasteiger partial charge in [-0.3, -0.25) is 9.08 Å². The van der Waals surface area contributed by atoms with E-state index in [-0.39, 0.29) is 5.82 Å². The smallest absolute Gasteiger partial charge is 0.208 e. The van der Waals surface area contributed by atoms with Gasteiger partial charge >= 0.3 is 0 Å². The second-order valence-corrected chi connectivity index (χ2v) is 8.83. The Labute approximate surface area is 190 Å². The zero-order valence-corrected chi connectivity index (χ0v) is 18.7. The van der Waals surface area contributed by atoms with Crippen molar-refractivity contribution in [1.29, 1.82) is 0 Å². The van der Waals surface area contributed by atoms with Crippen molar-refractivity contribution in [3.63, 3.8) is 0 Å². The van der Waals surface area contributed by atoms with Gasteiger partial charge in [0.25, 0.3) is 0 Å². The Bertz CT molecular complexity index is 1350. The van der Waals surface area contributed by atoms with Crippen molar-refractivity contribution in [3.05, 3.63) is 58.9 Å². The lowest BCUT2D eigenvalue weighted by Crippen LogP contribution is -2.15. The number of rotatable bonds is 7. The Hall–Kier alpha value is -3.46. The number of fused-ring (bicyclic) bond motifs is 2. The monoisotopic (exact) mass is 447 g/mol. The second-order valence-electron chi connectivity index (χ2n) is 8.83. The Kier molecular flexibility index (Phi) is 4.79. The van der Waals surface area contributed by atoms with Gasteiger partial charge in [-0.15, -0.1) is 0 Å². The molecule has 170 valence electrons. The summed E-state index contributed by atoms with van der Waals surface area (Å²) < 4.78 is 24.0. The van der Waals surface area contributed by atoms with Gasteiger partial charge in [0.1, 0.15) is 11.6 Å². The molecule has 2 aliphatic rings. The van der Waals surface area contributed by atoms with Gasteiger partial charge in [0, 0.05) is 56.1 Å². The number of hydrogen-bond acceptors (Lipinski definition) is 6. The van der Waals surface area contributed by atoms with Crippen LogP contribution in [0.2, 0.25) is 0 Å². The number of anilines is 1. The maximum absolute atomic E-state index is 14.6. The molecule has 4 heterocycles. The predicted molar refractivity (Wildman–Crippen MR) is 123 cm³/mol. The zero-order valence-electron chi connectivity index (χ0n) is 18.7. The van der Waals surface area contributed by atoms with Gasteiger partial charge < -0.3 is 15.4 Å². The van der Waals surface area contributed by atoms with Gasteiger partial charge in [0.05, 0.1) is 29.3 Å². The van der Waals surface area contributed by atoms with E-state index >= 15 is 0 Å². The summed E-state index contributed by atoms with van der Waals surface area (Å²) in [4.78, 5) is 9.60. The second kappa shape index (κ2) is 7.84. The summed E-state index contributed by atoms with van der Waals surface area (Å²) in [5.41, 5.74) is 6.09. The van der Waals surface area contributed by atoms with Crippen LogP contribution in [0.25, 0.3) is 16.9 Å². The van der Waals surface area contributed by atoms with Crippen molar-refractivity contribution in [2.24, 2.45) is 7.05 Å². The highest BCUT2D eigenvalue weighted by Crippen LogP contribution is 2.31. The number of halogens is 1. The van der Waals surface area contributed by atoms with Crippen molar-refractivity contribution >= 4 is 11.6 Å². The molecule has 0 spiro atoms. The van der Waals surface area contributed by atoms with Gasteiger partial charge in [-0.05, 0) is 38.0 Å². The van der Waals surface area contributed by atoms with Gasteiger partial charge in [-0.25, -0.2) is 14.4 Å². The van der Waals surface area contributed by atoms with E-state index in [2.05, 4.69) is 20.7 Å². The number of ether oxygens (including phenoxy) is 1. The summed E-state index contributed by atoms with van der Waals surface area (Å²) in [5, 5.41) is 11.3. The summed E-state index contributed by atoms with van der Waals surface area (Å²) in [6.07, 6.45) is 6.97.